The van der Waals surface area contributed by atoms with Gasteiger partial charge in [-0.1, -0.05) is 17.8 Å². The number of thioether (sulfide) groups is 1. The first-order valence-corrected chi connectivity index (χ1v) is 11.5. The fraction of sp³-hybridized carbons (Fsp3) is 0.286. The van der Waals surface area contributed by atoms with Crippen molar-refractivity contribution in [3.8, 4) is 11.5 Å². The lowest BCUT2D eigenvalue weighted by molar-refractivity contribution is -0.113. The number of nitrogens with one attached hydrogen (secondary N) is 1. The Kier molecular flexibility index (Phi) is 5.22. The summed E-state index contributed by atoms with van der Waals surface area (Å²) in [7, 11) is 0. The van der Waals surface area contributed by atoms with Gasteiger partial charge in [-0.2, -0.15) is 4.98 Å². The van der Waals surface area contributed by atoms with Crippen LogP contribution in [-0.4, -0.2) is 28.0 Å². The van der Waals surface area contributed by atoms with Crippen molar-refractivity contribution in [1.29, 1.82) is 0 Å². The van der Waals surface area contributed by atoms with Crippen LogP contribution in [0.2, 0.25) is 0 Å². The minimum Gasteiger partial charge on any atom is -0.454 e. The number of nitrogens with zero attached hydrogens (tertiary/aromatic N) is 2. The molecule has 154 valence electrons. The first-order chi connectivity index (χ1) is 14.7. The lowest BCUT2D eigenvalue weighted by atomic mass is 10.2. The Bertz CT molecular complexity index is 1160. The van der Waals surface area contributed by atoms with E-state index in [2.05, 4.69) is 10.3 Å². The molecule has 9 heteroatoms. The Morgan fingerprint density at radius 1 is 1.23 bits per heavy atom. The Morgan fingerprint density at radius 2 is 2.13 bits per heavy atom. The van der Waals surface area contributed by atoms with Crippen molar-refractivity contribution in [1.82, 2.24) is 9.55 Å². The summed E-state index contributed by atoms with van der Waals surface area (Å²) in [4.78, 5) is 30.6. The van der Waals surface area contributed by atoms with Crippen LogP contribution >= 0.6 is 23.1 Å². The van der Waals surface area contributed by atoms with Crippen molar-refractivity contribution in [3.63, 3.8) is 0 Å². The topological polar surface area (TPSA) is 82.5 Å². The second kappa shape index (κ2) is 8.16. The van der Waals surface area contributed by atoms with Crippen LogP contribution < -0.4 is 20.5 Å². The Hall–Kier alpha value is -2.78. The van der Waals surface area contributed by atoms with Crippen molar-refractivity contribution >= 4 is 34.7 Å². The third kappa shape index (κ3) is 3.82. The fourth-order valence-corrected chi connectivity index (χ4v) is 5.30. The van der Waals surface area contributed by atoms with Gasteiger partial charge in [0.05, 0.1) is 12.3 Å². The van der Waals surface area contributed by atoms with E-state index in [0.717, 1.165) is 35.4 Å². The molecule has 1 aliphatic carbocycles. The number of rotatable bonds is 6. The van der Waals surface area contributed by atoms with Crippen LogP contribution in [0.4, 0.5) is 5.69 Å². The van der Waals surface area contributed by atoms with Gasteiger partial charge in [0.15, 0.2) is 11.5 Å². The molecule has 1 N–H and O–H groups in total. The maximum atomic E-state index is 12.7. The SMILES string of the molecule is O=C(CSc1nc(=O)n(Cc2cccs2)c2c1CCC2)Nc1ccc2c(c1)OCO2. The minimum absolute atomic E-state index is 0.157. The third-order valence-corrected chi connectivity index (χ3v) is 6.97. The molecule has 2 aromatic heterocycles. The van der Waals surface area contributed by atoms with E-state index in [9.17, 15) is 9.59 Å². The second-order valence-corrected chi connectivity index (χ2v) is 9.05. The molecular formula is C21H19N3O4S2. The van der Waals surface area contributed by atoms with E-state index < -0.39 is 0 Å². The molecule has 0 atom stereocenters. The molecule has 0 saturated heterocycles. The van der Waals surface area contributed by atoms with Gasteiger partial charge in [-0.05, 0) is 42.8 Å². The van der Waals surface area contributed by atoms with E-state index in [1.165, 1.54) is 11.8 Å². The summed E-state index contributed by atoms with van der Waals surface area (Å²) in [5.41, 5.74) is 2.56. The van der Waals surface area contributed by atoms with Crippen LogP contribution in [0.3, 0.4) is 0 Å². The van der Waals surface area contributed by atoms with Gasteiger partial charge in [-0.3, -0.25) is 9.36 Å². The Morgan fingerprint density at radius 3 is 3.00 bits per heavy atom. The number of ether oxygens (including phenoxy) is 2. The molecule has 0 fully saturated rings. The summed E-state index contributed by atoms with van der Waals surface area (Å²) in [5, 5.41) is 5.55. The van der Waals surface area contributed by atoms with Gasteiger partial charge >= 0.3 is 5.69 Å². The van der Waals surface area contributed by atoms with Gasteiger partial charge in [0.2, 0.25) is 12.7 Å². The van der Waals surface area contributed by atoms with E-state index in [4.69, 9.17) is 9.47 Å². The van der Waals surface area contributed by atoms with Gasteiger partial charge in [0.1, 0.15) is 5.03 Å². The number of anilines is 1. The molecule has 1 aliphatic heterocycles. The van der Waals surface area contributed by atoms with Crippen molar-refractivity contribution in [2.75, 3.05) is 17.9 Å². The van der Waals surface area contributed by atoms with Crippen LogP contribution in [0.15, 0.2) is 45.5 Å². The van der Waals surface area contributed by atoms with E-state index in [1.54, 1.807) is 34.1 Å². The number of carbonyl (C=O) groups excluding carboxylic acids is 1. The molecule has 3 aromatic rings. The zero-order chi connectivity index (χ0) is 20.5. The molecule has 0 bridgehead atoms. The minimum atomic E-state index is -0.247. The van der Waals surface area contributed by atoms with E-state index in [-0.39, 0.29) is 24.1 Å². The summed E-state index contributed by atoms with van der Waals surface area (Å²) in [6.45, 7) is 0.749. The first kappa shape index (κ1) is 19.2. The molecule has 30 heavy (non-hydrogen) atoms. The summed E-state index contributed by atoms with van der Waals surface area (Å²) in [6, 6.07) is 9.31. The zero-order valence-corrected chi connectivity index (χ0v) is 17.7. The molecule has 7 nitrogen and oxygen atoms in total. The number of thiophene rings is 1. The van der Waals surface area contributed by atoms with Crippen molar-refractivity contribution in [2.45, 2.75) is 30.8 Å². The molecule has 1 amide bonds. The zero-order valence-electron chi connectivity index (χ0n) is 16.1. The van der Waals surface area contributed by atoms with Crippen molar-refractivity contribution in [3.05, 3.63) is 62.3 Å². The highest BCUT2D eigenvalue weighted by Crippen LogP contribution is 2.34. The third-order valence-electron chi connectivity index (χ3n) is 5.09. The Labute approximate surface area is 181 Å². The number of amides is 1. The van der Waals surface area contributed by atoms with Crippen LogP contribution in [0.25, 0.3) is 0 Å². The summed E-state index contributed by atoms with van der Waals surface area (Å²) >= 11 is 2.96. The molecule has 3 heterocycles. The maximum Gasteiger partial charge on any atom is 0.349 e. The summed E-state index contributed by atoms with van der Waals surface area (Å²) in [5.74, 6) is 1.32. The largest absolute Gasteiger partial charge is 0.454 e. The predicted octanol–water partition coefficient (Wildman–Crippen LogP) is 3.30. The Balaban J connectivity index is 1.29. The molecule has 1 aromatic carbocycles. The highest BCUT2D eigenvalue weighted by molar-refractivity contribution is 8.00. The first-order valence-electron chi connectivity index (χ1n) is 9.64. The van der Waals surface area contributed by atoms with Crippen molar-refractivity contribution in [2.24, 2.45) is 0 Å². The summed E-state index contributed by atoms with van der Waals surface area (Å²) < 4.78 is 12.4. The molecule has 0 radical (unpaired) electrons. The molecule has 2 aliphatic rings. The van der Waals surface area contributed by atoms with Gasteiger partial charge in [-0.25, -0.2) is 4.79 Å². The number of aromatic nitrogens is 2. The van der Waals surface area contributed by atoms with Gasteiger partial charge in [0.25, 0.3) is 0 Å². The lowest BCUT2D eigenvalue weighted by Crippen LogP contribution is -2.27. The molecule has 0 unspecified atom stereocenters. The van der Waals surface area contributed by atoms with E-state index in [0.29, 0.717) is 28.8 Å². The number of hydrogen-bond acceptors (Lipinski definition) is 7. The second-order valence-electron chi connectivity index (χ2n) is 7.05. The van der Waals surface area contributed by atoms with Crippen LogP contribution in [-0.2, 0) is 24.2 Å². The van der Waals surface area contributed by atoms with E-state index >= 15 is 0 Å². The maximum absolute atomic E-state index is 12.7. The predicted molar refractivity (Wildman–Crippen MR) is 116 cm³/mol. The molecular weight excluding hydrogens is 422 g/mol. The smallest absolute Gasteiger partial charge is 0.349 e. The number of benzene rings is 1. The average molecular weight is 442 g/mol. The number of carbonyl (C=O) groups is 1. The molecule has 5 rings (SSSR count). The van der Waals surface area contributed by atoms with Gasteiger partial charge in [0, 0.05) is 27.9 Å². The highest BCUT2D eigenvalue weighted by Gasteiger charge is 2.23. The number of fused-ring (bicyclic) bond motifs is 2. The molecule has 0 spiro atoms. The highest BCUT2D eigenvalue weighted by atomic mass is 32.2. The fourth-order valence-electron chi connectivity index (χ4n) is 3.73. The normalized spacial score (nSPS) is 14.0. The van der Waals surface area contributed by atoms with Crippen LogP contribution in [0.1, 0.15) is 22.6 Å². The summed E-state index contributed by atoms with van der Waals surface area (Å²) in [6.07, 6.45) is 2.76. The van der Waals surface area contributed by atoms with Gasteiger partial charge in [-0.15, -0.1) is 11.3 Å². The van der Waals surface area contributed by atoms with Crippen LogP contribution in [0, 0.1) is 0 Å². The van der Waals surface area contributed by atoms with E-state index in [1.807, 2.05) is 17.5 Å². The average Bonchev–Trinajstić information content (AvgIpc) is 3.50. The van der Waals surface area contributed by atoms with Gasteiger partial charge < -0.3 is 14.8 Å². The quantitative estimate of drug-likeness (QED) is 0.467. The monoisotopic (exact) mass is 441 g/mol. The number of hydrogen-bond donors (Lipinski definition) is 1. The lowest BCUT2D eigenvalue weighted by Gasteiger charge is -2.13. The van der Waals surface area contributed by atoms with Crippen molar-refractivity contribution < 1.29 is 14.3 Å². The standard InChI is InChI=1S/C21H19N3O4S2/c25-19(22-13-6-7-17-18(9-13)28-12-27-17)11-30-20-15-4-1-5-16(15)24(21(26)23-20)10-14-3-2-8-29-14/h2-3,6-9H,1,4-5,10-12H2,(H,22,25). The molecule has 0 saturated carbocycles. The van der Waals surface area contributed by atoms with Crippen LogP contribution in [0.5, 0.6) is 11.5 Å².